The molecule has 0 heterocycles. The van der Waals surface area contributed by atoms with Crippen molar-refractivity contribution in [2.24, 2.45) is 0 Å². The van der Waals surface area contributed by atoms with Crippen molar-refractivity contribution >= 4 is 0 Å². The summed E-state index contributed by atoms with van der Waals surface area (Å²) in [6.07, 6.45) is 2.29. The molecule has 3 nitrogen and oxygen atoms in total. The smallest absolute Gasteiger partial charge is 1.00 e. The van der Waals surface area contributed by atoms with Gasteiger partial charge in [-0.3, -0.25) is 0 Å². The monoisotopic (exact) mass is 268 g/mol. The summed E-state index contributed by atoms with van der Waals surface area (Å²) in [5.74, 6) is 0. The van der Waals surface area contributed by atoms with Crippen molar-refractivity contribution in [1.29, 1.82) is 0 Å². The SMILES string of the molecule is CCC[O-].CCC[O-].CCC[O-].[H-].[Zr+4]. The van der Waals surface area contributed by atoms with Crippen LogP contribution in [0.1, 0.15) is 41.5 Å². The summed E-state index contributed by atoms with van der Waals surface area (Å²) in [5, 5.41) is 27.9. The average Bonchev–Trinajstić information content (AvgIpc) is 2.18. The first-order valence-corrected chi connectivity index (χ1v) is 4.49. The molecule has 0 radical (unpaired) electrons. The van der Waals surface area contributed by atoms with Crippen LogP contribution in [0.15, 0.2) is 0 Å². The number of rotatable bonds is 3. The molecule has 0 bridgehead atoms. The van der Waals surface area contributed by atoms with Gasteiger partial charge in [0.25, 0.3) is 0 Å². The van der Waals surface area contributed by atoms with Crippen molar-refractivity contribution in [3.05, 3.63) is 0 Å². The third-order valence-corrected chi connectivity index (χ3v) is 0.612. The minimum absolute atomic E-state index is 0. The largest absolute Gasteiger partial charge is 4.00 e. The van der Waals surface area contributed by atoms with Gasteiger partial charge in [0.05, 0.1) is 0 Å². The van der Waals surface area contributed by atoms with Crippen LogP contribution in [0.25, 0.3) is 0 Å². The van der Waals surface area contributed by atoms with Gasteiger partial charge in [-0.05, 0) is 0 Å². The first-order valence-electron chi connectivity index (χ1n) is 4.49. The summed E-state index contributed by atoms with van der Waals surface area (Å²) in [6.45, 7) is 5.81. The molecule has 0 saturated heterocycles. The van der Waals surface area contributed by atoms with Crippen LogP contribution in [0.5, 0.6) is 0 Å². The third-order valence-electron chi connectivity index (χ3n) is 0.612. The van der Waals surface area contributed by atoms with Crippen molar-refractivity contribution in [3.63, 3.8) is 0 Å². The van der Waals surface area contributed by atoms with Gasteiger partial charge < -0.3 is 16.7 Å². The second-order valence-corrected chi connectivity index (χ2v) is 2.11. The van der Waals surface area contributed by atoms with Crippen LogP contribution >= 0.6 is 0 Å². The van der Waals surface area contributed by atoms with Crippen LogP contribution in [0.3, 0.4) is 0 Å². The van der Waals surface area contributed by atoms with Gasteiger partial charge in [-0.15, -0.1) is 19.8 Å². The van der Waals surface area contributed by atoms with E-state index in [9.17, 15) is 15.3 Å². The Kier molecular flexibility index (Phi) is 69.9. The van der Waals surface area contributed by atoms with Crippen molar-refractivity contribution in [2.75, 3.05) is 19.8 Å². The van der Waals surface area contributed by atoms with Crippen LogP contribution in [-0.2, 0) is 26.2 Å². The fourth-order valence-electron chi connectivity index (χ4n) is 0. The number of hydrogen-bond acceptors (Lipinski definition) is 3. The summed E-state index contributed by atoms with van der Waals surface area (Å²) in [7, 11) is 0. The summed E-state index contributed by atoms with van der Waals surface area (Å²) >= 11 is 0. The van der Waals surface area contributed by atoms with E-state index in [4.69, 9.17) is 0 Å². The Bertz CT molecular complexity index is 35.5. The molecule has 0 aliphatic carbocycles. The summed E-state index contributed by atoms with van der Waals surface area (Å²) < 4.78 is 0. The second-order valence-electron chi connectivity index (χ2n) is 2.11. The first-order chi connectivity index (χ1) is 5.74. The van der Waals surface area contributed by atoms with Gasteiger partial charge in [-0.1, -0.05) is 40.0 Å². The molecule has 0 rings (SSSR count). The van der Waals surface area contributed by atoms with Gasteiger partial charge in [0.15, 0.2) is 0 Å². The van der Waals surface area contributed by atoms with Crippen molar-refractivity contribution < 1.29 is 42.9 Å². The standard InChI is InChI=1S/3C3H7O.Zr.H/c3*1-2-3-4;;/h3*2-3H2,1H3;;/q3*-1;+4;-1. The Morgan fingerprint density at radius 1 is 0.692 bits per heavy atom. The molecule has 4 heteroatoms. The average molecular weight is 269 g/mol. The molecule has 13 heavy (non-hydrogen) atoms. The normalized spacial score (nSPS) is 6.92. The van der Waals surface area contributed by atoms with Crippen molar-refractivity contribution in [2.45, 2.75) is 40.0 Å². The predicted octanol–water partition coefficient (Wildman–Crippen LogP) is -0.620. The first kappa shape index (κ1) is 23.5. The van der Waals surface area contributed by atoms with Crippen LogP contribution in [0.2, 0.25) is 0 Å². The topological polar surface area (TPSA) is 69.2 Å². The Hall–Kier alpha value is 0.763. The maximum Gasteiger partial charge on any atom is 4.00 e. The molecule has 0 saturated carbocycles. The quantitative estimate of drug-likeness (QED) is 0.686. The van der Waals surface area contributed by atoms with Crippen molar-refractivity contribution in [1.82, 2.24) is 0 Å². The van der Waals surface area contributed by atoms with E-state index >= 15 is 0 Å². The van der Waals surface area contributed by atoms with E-state index in [-0.39, 0.29) is 47.5 Å². The molecule has 0 spiro atoms. The van der Waals surface area contributed by atoms with Crippen LogP contribution in [0, 0.1) is 0 Å². The Balaban J connectivity index is -0.0000000270. The zero-order chi connectivity index (χ0) is 10.2. The third kappa shape index (κ3) is 104. The van der Waals surface area contributed by atoms with E-state index in [2.05, 4.69) is 0 Å². The molecule has 0 atom stereocenters. The molecular weight excluding hydrogens is 247 g/mol. The maximum atomic E-state index is 9.30. The minimum atomic E-state index is 0. The zero-order valence-electron chi connectivity index (χ0n) is 9.97. The van der Waals surface area contributed by atoms with Crippen LogP contribution in [-0.4, -0.2) is 19.8 Å². The Morgan fingerprint density at radius 2 is 0.769 bits per heavy atom. The number of hydrogen-bond donors (Lipinski definition) is 0. The molecule has 0 aromatic heterocycles. The summed E-state index contributed by atoms with van der Waals surface area (Å²) in [5.41, 5.74) is 0. The maximum absolute atomic E-state index is 9.30. The van der Waals surface area contributed by atoms with E-state index in [0.717, 1.165) is 19.3 Å². The molecule has 0 unspecified atom stereocenters. The molecule has 80 valence electrons. The van der Waals surface area contributed by atoms with E-state index < -0.39 is 0 Å². The summed E-state index contributed by atoms with van der Waals surface area (Å²) in [4.78, 5) is 0. The van der Waals surface area contributed by atoms with Gasteiger partial charge in [-0.2, -0.15) is 0 Å². The van der Waals surface area contributed by atoms with E-state index in [1.807, 2.05) is 20.8 Å². The zero-order valence-corrected chi connectivity index (χ0v) is 11.4. The van der Waals surface area contributed by atoms with E-state index in [1.54, 1.807) is 0 Å². The van der Waals surface area contributed by atoms with Gasteiger partial charge in [0, 0.05) is 0 Å². The molecular formula is C9H22O3Zr. The van der Waals surface area contributed by atoms with Crippen molar-refractivity contribution in [3.8, 4) is 0 Å². The molecule has 0 fully saturated rings. The molecule has 0 aliphatic heterocycles. The molecule has 0 aromatic rings. The van der Waals surface area contributed by atoms with Gasteiger partial charge in [0.2, 0.25) is 0 Å². The van der Waals surface area contributed by atoms with E-state index in [0.29, 0.717) is 0 Å². The van der Waals surface area contributed by atoms with Crippen LogP contribution in [0.4, 0.5) is 0 Å². The molecule has 0 amide bonds. The van der Waals surface area contributed by atoms with Gasteiger partial charge >= 0.3 is 26.2 Å². The fraction of sp³-hybridized carbons (Fsp3) is 1.00. The summed E-state index contributed by atoms with van der Waals surface area (Å²) in [6, 6.07) is 0. The minimum Gasteiger partial charge on any atom is -1.00 e. The molecule has 0 N–H and O–H groups in total. The van der Waals surface area contributed by atoms with Gasteiger partial charge in [0.1, 0.15) is 0 Å². The molecule has 0 aliphatic rings. The Morgan fingerprint density at radius 3 is 0.769 bits per heavy atom. The molecule has 0 aromatic carbocycles. The van der Waals surface area contributed by atoms with Gasteiger partial charge in [-0.25, -0.2) is 0 Å². The van der Waals surface area contributed by atoms with Crippen LogP contribution < -0.4 is 15.3 Å². The fourth-order valence-corrected chi connectivity index (χ4v) is 0. The predicted molar refractivity (Wildman–Crippen MR) is 46.6 cm³/mol. The Labute approximate surface area is 103 Å². The van der Waals surface area contributed by atoms with E-state index in [1.165, 1.54) is 0 Å². The second kappa shape index (κ2) is 38.6.